The molecular weight excluding hydrogens is 226 g/mol. The molecule has 0 bridgehead atoms. The van der Waals surface area contributed by atoms with Crippen molar-refractivity contribution in [1.82, 2.24) is 0 Å². The first-order chi connectivity index (χ1) is 8.31. The number of hydrogen-bond acceptors (Lipinski definition) is 2. The minimum absolute atomic E-state index is 0.409. The normalized spacial score (nSPS) is 29.2. The van der Waals surface area contributed by atoms with E-state index in [0.29, 0.717) is 11.3 Å². The lowest BCUT2D eigenvalue weighted by molar-refractivity contribution is 0.406. The minimum atomic E-state index is 0.409. The van der Waals surface area contributed by atoms with E-state index in [1.165, 1.54) is 37.0 Å². The summed E-state index contributed by atoms with van der Waals surface area (Å²) in [5.41, 5.74) is 7.74. The number of thioether (sulfide) groups is 1. The third kappa shape index (κ3) is 3.49. The predicted octanol–water partition coefficient (Wildman–Crippen LogP) is 3.79. The highest BCUT2D eigenvalue weighted by atomic mass is 32.2. The van der Waals surface area contributed by atoms with Crippen molar-refractivity contribution in [3.8, 4) is 0 Å². The zero-order chi connectivity index (χ0) is 12.1. The van der Waals surface area contributed by atoms with E-state index >= 15 is 0 Å². The Labute approximate surface area is 109 Å². The van der Waals surface area contributed by atoms with Gasteiger partial charge in [-0.15, -0.1) is 0 Å². The Bertz CT molecular complexity index is 325. The topological polar surface area (TPSA) is 26.0 Å². The van der Waals surface area contributed by atoms with Gasteiger partial charge in [0.2, 0.25) is 0 Å². The fourth-order valence-electron chi connectivity index (χ4n) is 2.64. The third-order valence-electron chi connectivity index (χ3n) is 3.65. The van der Waals surface area contributed by atoms with Gasteiger partial charge in [0.05, 0.1) is 0 Å². The molecule has 0 aliphatic heterocycles. The molecule has 1 aliphatic carbocycles. The number of nitrogens with two attached hydrogens (primary N) is 1. The lowest BCUT2D eigenvalue weighted by Gasteiger charge is -2.34. The van der Waals surface area contributed by atoms with E-state index in [1.807, 2.05) is 0 Å². The minimum Gasteiger partial charge on any atom is -0.327 e. The molecule has 2 heteroatoms. The van der Waals surface area contributed by atoms with Crippen LogP contribution in [0.3, 0.4) is 0 Å². The summed E-state index contributed by atoms with van der Waals surface area (Å²) in [7, 11) is 0. The summed E-state index contributed by atoms with van der Waals surface area (Å²) in [4.78, 5) is 0. The van der Waals surface area contributed by atoms with Crippen LogP contribution < -0.4 is 5.73 Å². The molecule has 0 radical (unpaired) electrons. The first-order valence-corrected chi connectivity index (χ1v) is 7.78. The van der Waals surface area contributed by atoms with Crippen molar-refractivity contribution >= 4 is 11.8 Å². The standard InChI is InChI=1S/C15H23NS/c1-2-10-17-15-11-13(8-9-14(15)16)12-6-4-3-5-7-12/h3-7,13-15H,2,8-11,16H2,1H3. The van der Waals surface area contributed by atoms with Crippen LogP contribution in [-0.4, -0.2) is 17.0 Å². The van der Waals surface area contributed by atoms with Gasteiger partial charge in [0.25, 0.3) is 0 Å². The molecule has 94 valence electrons. The smallest absolute Gasteiger partial charge is 0.0204 e. The van der Waals surface area contributed by atoms with Gasteiger partial charge in [-0.1, -0.05) is 37.3 Å². The zero-order valence-electron chi connectivity index (χ0n) is 10.6. The lowest BCUT2D eigenvalue weighted by Crippen LogP contribution is -2.38. The van der Waals surface area contributed by atoms with Crippen LogP contribution in [-0.2, 0) is 0 Å². The van der Waals surface area contributed by atoms with Crippen molar-refractivity contribution in [2.45, 2.75) is 49.8 Å². The molecule has 1 aliphatic rings. The Morgan fingerprint density at radius 2 is 2.00 bits per heavy atom. The van der Waals surface area contributed by atoms with Gasteiger partial charge >= 0.3 is 0 Å². The molecule has 1 aromatic carbocycles. The average Bonchev–Trinajstić information content (AvgIpc) is 2.39. The van der Waals surface area contributed by atoms with Gasteiger partial charge in [0.1, 0.15) is 0 Å². The summed E-state index contributed by atoms with van der Waals surface area (Å²) in [5.74, 6) is 1.98. The second-order valence-corrected chi connectivity index (χ2v) is 6.34. The van der Waals surface area contributed by atoms with Crippen LogP contribution >= 0.6 is 11.8 Å². The first-order valence-electron chi connectivity index (χ1n) is 6.73. The molecule has 2 N–H and O–H groups in total. The highest BCUT2D eigenvalue weighted by Crippen LogP contribution is 2.37. The molecule has 2 rings (SSSR count). The lowest BCUT2D eigenvalue weighted by atomic mass is 9.82. The van der Waals surface area contributed by atoms with Gasteiger partial charge in [-0.3, -0.25) is 0 Å². The molecule has 1 aromatic rings. The monoisotopic (exact) mass is 249 g/mol. The van der Waals surface area contributed by atoms with E-state index in [9.17, 15) is 0 Å². The van der Waals surface area contributed by atoms with Crippen molar-refractivity contribution in [2.75, 3.05) is 5.75 Å². The first kappa shape index (κ1) is 13.0. The van der Waals surface area contributed by atoms with Crippen molar-refractivity contribution in [3.63, 3.8) is 0 Å². The average molecular weight is 249 g/mol. The van der Waals surface area contributed by atoms with Gasteiger partial charge in [-0.2, -0.15) is 11.8 Å². The van der Waals surface area contributed by atoms with Crippen molar-refractivity contribution in [3.05, 3.63) is 35.9 Å². The Morgan fingerprint density at radius 3 is 2.71 bits per heavy atom. The molecule has 0 amide bonds. The maximum absolute atomic E-state index is 6.24. The Hall–Kier alpha value is -0.470. The van der Waals surface area contributed by atoms with Crippen molar-refractivity contribution < 1.29 is 0 Å². The number of rotatable bonds is 4. The SMILES string of the molecule is CCCSC1CC(c2ccccc2)CCC1N. The van der Waals surface area contributed by atoms with Crippen LogP contribution in [0.5, 0.6) is 0 Å². The Balaban J connectivity index is 1.97. The number of benzene rings is 1. The van der Waals surface area contributed by atoms with Crippen LogP contribution in [0, 0.1) is 0 Å². The van der Waals surface area contributed by atoms with E-state index in [-0.39, 0.29) is 0 Å². The second-order valence-electron chi connectivity index (χ2n) is 4.99. The molecule has 0 aromatic heterocycles. The molecule has 0 heterocycles. The maximum Gasteiger partial charge on any atom is 0.0204 e. The van der Waals surface area contributed by atoms with E-state index in [2.05, 4.69) is 49.0 Å². The van der Waals surface area contributed by atoms with E-state index in [4.69, 9.17) is 5.73 Å². The highest BCUT2D eigenvalue weighted by Gasteiger charge is 2.28. The van der Waals surface area contributed by atoms with Crippen LogP contribution in [0.4, 0.5) is 0 Å². The van der Waals surface area contributed by atoms with Crippen molar-refractivity contribution in [2.24, 2.45) is 5.73 Å². The molecule has 1 saturated carbocycles. The van der Waals surface area contributed by atoms with Crippen LogP contribution in [0.25, 0.3) is 0 Å². The van der Waals surface area contributed by atoms with Crippen LogP contribution in [0.1, 0.15) is 44.1 Å². The third-order valence-corrected chi connectivity index (χ3v) is 5.26. The summed E-state index contributed by atoms with van der Waals surface area (Å²) >= 11 is 2.08. The maximum atomic E-state index is 6.24. The fraction of sp³-hybridized carbons (Fsp3) is 0.600. The quantitative estimate of drug-likeness (QED) is 0.878. The molecule has 3 atom stereocenters. The summed E-state index contributed by atoms with van der Waals surface area (Å²) in [6.45, 7) is 2.25. The molecule has 0 saturated heterocycles. The predicted molar refractivity (Wildman–Crippen MR) is 77.5 cm³/mol. The molecule has 0 spiro atoms. The largest absolute Gasteiger partial charge is 0.327 e. The van der Waals surface area contributed by atoms with Gasteiger partial charge < -0.3 is 5.73 Å². The van der Waals surface area contributed by atoms with Crippen LogP contribution in [0.15, 0.2) is 30.3 Å². The van der Waals surface area contributed by atoms with Crippen molar-refractivity contribution in [1.29, 1.82) is 0 Å². The zero-order valence-corrected chi connectivity index (χ0v) is 11.5. The summed E-state index contributed by atoms with van der Waals surface area (Å²) in [6.07, 6.45) is 4.95. The summed E-state index contributed by atoms with van der Waals surface area (Å²) in [6, 6.07) is 11.3. The Morgan fingerprint density at radius 1 is 1.24 bits per heavy atom. The van der Waals surface area contributed by atoms with E-state index in [0.717, 1.165) is 5.92 Å². The molecule has 3 unspecified atom stereocenters. The fourth-order valence-corrected chi connectivity index (χ4v) is 3.93. The second kappa shape index (κ2) is 6.46. The van der Waals surface area contributed by atoms with E-state index < -0.39 is 0 Å². The van der Waals surface area contributed by atoms with Crippen LogP contribution in [0.2, 0.25) is 0 Å². The molecule has 17 heavy (non-hydrogen) atoms. The number of hydrogen-bond donors (Lipinski definition) is 1. The Kier molecular flexibility index (Phi) is 4.93. The molecule has 1 fully saturated rings. The summed E-state index contributed by atoms with van der Waals surface area (Å²) < 4.78 is 0. The van der Waals surface area contributed by atoms with Gasteiger partial charge in [0, 0.05) is 11.3 Å². The molecular formula is C15H23NS. The summed E-state index contributed by atoms with van der Waals surface area (Å²) in [5, 5.41) is 0.661. The molecule has 1 nitrogen and oxygen atoms in total. The van der Waals surface area contributed by atoms with Gasteiger partial charge in [0.15, 0.2) is 0 Å². The van der Waals surface area contributed by atoms with Gasteiger partial charge in [-0.25, -0.2) is 0 Å². The van der Waals surface area contributed by atoms with E-state index in [1.54, 1.807) is 0 Å². The highest BCUT2D eigenvalue weighted by molar-refractivity contribution is 7.99. The van der Waals surface area contributed by atoms with Gasteiger partial charge in [-0.05, 0) is 42.9 Å².